The Balaban J connectivity index is 2.04. The van der Waals surface area contributed by atoms with Gasteiger partial charge in [0.1, 0.15) is 11.6 Å². The summed E-state index contributed by atoms with van der Waals surface area (Å²) < 4.78 is 17.5. The molecule has 0 saturated heterocycles. The van der Waals surface area contributed by atoms with Gasteiger partial charge in [0, 0.05) is 12.1 Å². The van der Waals surface area contributed by atoms with Crippen molar-refractivity contribution in [1.29, 1.82) is 0 Å². The molecule has 0 atom stereocenters. The number of nitrogens with zero attached hydrogens (tertiary/aromatic N) is 1. The second-order valence-corrected chi connectivity index (χ2v) is 3.32. The monoisotopic (exact) mass is 236 g/mol. The molecule has 0 fully saturated rings. The Morgan fingerprint density at radius 1 is 1.47 bits per heavy atom. The highest BCUT2D eigenvalue weighted by Crippen LogP contribution is 2.17. The third-order valence-corrected chi connectivity index (χ3v) is 2.12. The van der Waals surface area contributed by atoms with Gasteiger partial charge in [-0.25, -0.2) is 4.39 Å². The number of carbonyl (C=O) groups excluding carboxylic acids is 1. The van der Waals surface area contributed by atoms with Gasteiger partial charge in [-0.3, -0.25) is 4.79 Å². The molecule has 17 heavy (non-hydrogen) atoms. The lowest BCUT2D eigenvalue weighted by Gasteiger charge is -2.04. The summed E-state index contributed by atoms with van der Waals surface area (Å²) in [6.45, 7) is 0.148. The van der Waals surface area contributed by atoms with Crippen molar-refractivity contribution in [2.45, 2.75) is 6.54 Å². The van der Waals surface area contributed by atoms with Crippen molar-refractivity contribution in [3.63, 3.8) is 0 Å². The van der Waals surface area contributed by atoms with Crippen molar-refractivity contribution in [2.75, 3.05) is 0 Å². The number of hydrogen-bond acceptors (Lipinski definition) is 4. The number of phenolic OH excluding ortho intramolecular Hbond substituents is 1. The number of aromatic hydroxyl groups is 1. The molecule has 2 aromatic rings. The zero-order valence-electron chi connectivity index (χ0n) is 8.68. The van der Waals surface area contributed by atoms with Crippen molar-refractivity contribution in [3.8, 4) is 5.75 Å². The molecule has 1 heterocycles. The van der Waals surface area contributed by atoms with E-state index in [0.717, 1.165) is 12.1 Å². The summed E-state index contributed by atoms with van der Waals surface area (Å²) in [5, 5.41) is 15.4. The molecular formula is C11H9FN2O3. The Hall–Kier alpha value is -2.37. The standard InChI is InChI=1S/C11H9FN2O3/c12-7-1-2-9(10(15)5-7)11(16)13-6-8-3-4-14-17-8/h1-5,15H,6H2,(H,13,16). The Morgan fingerprint density at radius 3 is 2.94 bits per heavy atom. The predicted octanol–water partition coefficient (Wildman–Crippen LogP) is 1.45. The minimum absolute atomic E-state index is 0.00548. The van der Waals surface area contributed by atoms with Gasteiger partial charge >= 0.3 is 0 Å². The molecule has 0 saturated carbocycles. The van der Waals surface area contributed by atoms with E-state index in [1.807, 2.05) is 0 Å². The van der Waals surface area contributed by atoms with E-state index in [1.165, 1.54) is 12.3 Å². The third kappa shape index (κ3) is 2.60. The second kappa shape index (κ2) is 4.65. The maximum atomic E-state index is 12.7. The van der Waals surface area contributed by atoms with Crippen LogP contribution in [0.25, 0.3) is 0 Å². The van der Waals surface area contributed by atoms with Gasteiger partial charge in [0.05, 0.1) is 18.3 Å². The molecule has 88 valence electrons. The summed E-state index contributed by atoms with van der Waals surface area (Å²) in [5.41, 5.74) is 0.00548. The highest BCUT2D eigenvalue weighted by Gasteiger charge is 2.11. The molecule has 0 unspecified atom stereocenters. The Kier molecular flexibility index (Phi) is 3.04. The molecule has 1 aromatic heterocycles. The molecule has 0 radical (unpaired) electrons. The first kappa shape index (κ1) is 11.1. The fourth-order valence-electron chi connectivity index (χ4n) is 1.29. The number of nitrogens with one attached hydrogen (secondary N) is 1. The lowest BCUT2D eigenvalue weighted by atomic mass is 10.2. The van der Waals surface area contributed by atoms with Crippen LogP contribution in [0.1, 0.15) is 16.1 Å². The Labute approximate surface area is 95.9 Å². The topological polar surface area (TPSA) is 75.4 Å². The number of phenols is 1. The number of hydrogen-bond donors (Lipinski definition) is 2. The maximum absolute atomic E-state index is 12.7. The number of rotatable bonds is 3. The lowest BCUT2D eigenvalue weighted by Crippen LogP contribution is -2.22. The number of carbonyl (C=O) groups is 1. The number of benzene rings is 1. The first-order valence-corrected chi connectivity index (χ1v) is 4.83. The van der Waals surface area contributed by atoms with Crippen LogP contribution in [0.15, 0.2) is 35.0 Å². The Morgan fingerprint density at radius 2 is 2.29 bits per heavy atom. The van der Waals surface area contributed by atoms with E-state index in [1.54, 1.807) is 6.07 Å². The fraction of sp³-hybridized carbons (Fsp3) is 0.0909. The zero-order valence-corrected chi connectivity index (χ0v) is 8.68. The van der Waals surface area contributed by atoms with Crippen LogP contribution in [0.3, 0.4) is 0 Å². The molecule has 1 aromatic carbocycles. The van der Waals surface area contributed by atoms with Crippen LogP contribution >= 0.6 is 0 Å². The molecule has 2 rings (SSSR count). The smallest absolute Gasteiger partial charge is 0.255 e. The molecule has 0 bridgehead atoms. The quantitative estimate of drug-likeness (QED) is 0.845. The Bertz CT molecular complexity index is 526. The van der Waals surface area contributed by atoms with E-state index >= 15 is 0 Å². The summed E-state index contributed by atoms with van der Waals surface area (Å²) in [6.07, 6.45) is 1.46. The average molecular weight is 236 g/mol. The highest BCUT2D eigenvalue weighted by atomic mass is 19.1. The van der Waals surface area contributed by atoms with E-state index in [2.05, 4.69) is 10.5 Å². The fourth-order valence-corrected chi connectivity index (χ4v) is 1.29. The minimum Gasteiger partial charge on any atom is -0.507 e. The van der Waals surface area contributed by atoms with Gasteiger partial charge in [-0.15, -0.1) is 0 Å². The van der Waals surface area contributed by atoms with E-state index in [4.69, 9.17) is 4.52 Å². The first-order valence-electron chi connectivity index (χ1n) is 4.83. The molecule has 0 aliphatic carbocycles. The van der Waals surface area contributed by atoms with Crippen molar-refractivity contribution in [1.82, 2.24) is 10.5 Å². The molecule has 1 amide bonds. The van der Waals surface area contributed by atoms with Crippen LogP contribution in [-0.2, 0) is 6.54 Å². The molecule has 0 aliphatic heterocycles. The van der Waals surface area contributed by atoms with Gasteiger partial charge in [0.2, 0.25) is 0 Å². The van der Waals surface area contributed by atoms with Crippen LogP contribution in [0.5, 0.6) is 5.75 Å². The van der Waals surface area contributed by atoms with Crippen LogP contribution in [0.4, 0.5) is 4.39 Å². The number of halogens is 1. The van der Waals surface area contributed by atoms with E-state index < -0.39 is 17.5 Å². The summed E-state index contributed by atoms with van der Waals surface area (Å²) in [4.78, 5) is 11.6. The van der Waals surface area contributed by atoms with Gasteiger partial charge in [0.15, 0.2) is 5.76 Å². The van der Waals surface area contributed by atoms with Crippen LogP contribution in [0, 0.1) is 5.82 Å². The SMILES string of the molecule is O=C(NCc1ccno1)c1ccc(F)cc1O. The minimum atomic E-state index is -0.603. The van der Waals surface area contributed by atoms with Crippen molar-refractivity contribution >= 4 is 5.91 Å². The van der Waals surface area contributed by atoms with Gasteiger partial charge < -0.3 is 14.9 Å². The molecule has 6 heteroatoms. The number of aromatic nitrogens is 1. The molecule has 0 spiro atoms. The van der Waals surface area contributed by atoms with E-state index in [0.29, 0.717) is 5.76 Å². The first-order chi connectivity index (χ1) is 8.16. The van der Waals surface area contributed by atoms with Gasteiger partial charge in [-0.1, -0.05) is 5.16 Å². The maximum Gasteiger partial charge on any atom is 0.255 e. The molecule has 2 N–H and O–H groups in total. The molecule has 5 nitrogen and oxygen atoms in total. The van der Waals surface area contributed by atoms with Gasteiger partial charge in [-0.2, -0.15) is 0 Å². The lowest BCUT2D eigenvalue weighted by molar-refractivity contribution is 0.0944. The summed E-state index contributed by atoms with van der Waals surface area (Å²) in [5.74, 6) is -1.03. The summed E-state index contributed by atoms with van der Waals surface area (Å²) >= 11 is 0. The van der Waals surface area contributed by atoms with Crippen molar-refractivity contribution in [3.05, 3.63) is 47.6 Å². The second-order valence-electron chi connectivity index (χ2n) is 3.32. The van der Waals surface area contributed by atoms with Crippen molar-refractivity contribution in [2.24, 2.45) is 0 Å². The van der Waals surface area contributed by atoms with Crippen LogP contribution in [-0.4, -0.2) is 16.2 Å². The normalized spacial score (nSPS) is 10.2. The molecule has 0 aliphatic rings. The predicted molar refractivity (Wildman–Crippen MR) is 55.7 cm³/mol. The van der Waals surface area contributed by atoms with Gasteiger partial charge in [0.25, 0.3) is 5.91 Å². The molecular weight excluding hydrogens is 227 g/mol. The zero-order chi connectivity index (χ0) is 12.3. The third-order valence-electron chi connectivity index (χ3n) is 2.12. The summed E-state index contributed by atoms with van der Waals surface area (Å²) in [7, 11) is 0. The van der Waals surface area contributed by atoms with Gasteiger partial charge in [-0.05, 0) is 12.1 Å². The van der Waals surface area contributed by atoms with Crippen LogP contribution in [0.2, 0.25) is 0 Å². The summed E-state index contributed by atoms with van der Waals surface area (Å²) in [6, 6.07) is 4.79. The largest absolute Gasteiger partial charge is 0.507 e. The average Bonchev–Trinajstić information content (AvgIpc) is 2.78. The van der Waals surface area contributed by atoms with E-state index in [-0.39, 0.29) is 12.1 Å². The van der Waals surface area contributed by atoms with Crippen LogP contribution < -0.4 is 5.32 Å². The van der Waals surface area contributed by atoms with E-state index in [9.17, 15) is 14.3 Å². The number of amides is 1. The van der Waals surface area contributed by atoms with Crippen molar-refractivity contribution < 1.29 is 18.8 Å². The highest BCUT2D eigenvalue weighted by molar-refractivity contribution is 5.96.